The zero-order valence-electron chi connectivity index (χ0n) is 12.3. The van der Waals surface area contributed by atoms with Crippen LogP contribution in [0.2, 0.25) is 0 Å². The summed E-state index contributed by atoms with van der Waals surface area (Å²) >= 11 is 0. The van der Waals surface area contributed by atoms with E-state index in [4.69, 9.17) is 5.11 Å². The molecule has 1 aromatic heterocycles. The quantitative estimate of drug-likeness (QED) is 0.798. The molecule has 0 aromatic carbocycles. The van der Waals surface area contributed by atoms with E-state index in [0.29, 0.717) is 17.5 Å². The Kier molecular flexibility index (Phi) is 4.77. The van der Waals surface area contributed by atoms with E-state index in [2.05, 4.69) is 29.5 Å². The Labute approximate surface area is 124 Å². The molecule has 1 aliphatic carbocycles. The molecule has 0 bridgehead atoms. The molecule has 21 heavy (non-hydrogen) atoms. The van der Waals surface area contributed by atoms with Gasteiger partial charge >= 0.3 is 12.0 Å². The topological polar surface area (TPSA) is 91.3 Å². The van der Waals surface area contributed by atoms with Gasteiger partial charge in [0.05, 0.1) is 17.4 Å². The number of aromatic nitrogens is 1. The van der Waals surface area contributed by atoms with Crippen molar-refractivity contribution in [2.45, 2.75) is 39.2 Å². The van der Waals surface area contributed by atoms with Gasteiger partial charge in [0.15, 0.2) is 0 Å². The number of pyridine rings is 1. The Morgan fingerprint density at radius 3 is 2.48 bits per heavy atom. The number of hydrogen-bond acceptors (Lipinski definition) is 3. The highest BCUT2D eigenvalue weighted by atomic mass is 16.4. The van der Waals surface area contributed by atoms with Crippen LogP contribution in [0.3, 0.4) is 0 Å². The van der Waals surface area contributed by atoms with E-state index in [-0.39, 0.29) is 17.6 Å². The summed E-state index contributed by atoms with van der Waals surface area (Å²) in [5.41, 5.74) is 0.428. The third kappa shape index (κ3) is 4.44. The van der Waals surface area contributed by atoms with Crippen molar-refractivity contribution < 1.29 is 14.7 Å². The van der Waals surface area contributed by atoms with Crippen molar-refractivity contribution in [2.24, 2.45) is 11.8 Å². The minimum Gasteiger partial charge on any atom is -0.478 e. The summed E-state index contributed by atoms with van der Waals surface area (Å²) < 4.78 is 0. The standard InChI is InChI=1S/C15H21N3O3/c1-9-3-10(2)5-12(4-9)17-15(21)18-13-6-11(14(19)20)7-16-8-13/h6-10,12H,3-5H2,1-2H3,(H,19,20)(H2,17,18,21). The molecule has 1 fully saturated rings. The molecule has 2 unspecified atom stereocenters. The molecule has 1 aromatic rings. The van der Waals surface area contributed by atoms with Crippen LogP contribution >= 0.6 is 0 Å². The van der Waals surface area contributed by atoms with Gasteiger partial charge in [-0.3, -0.25) is 4.98 Å². The molecule has 1 aliphatic rings. The molecule has 3 N–H and O–H groups in total. The van der Waals surface area contributed by atoms with E-state index in [1.165, 1.54) is 24.9 Å². The Hall–Kier alpha value is -2.11. The molecule has 6 nitrogen and oxygen atoms in total. The number of hydrogen-bond donors (Lipinski definition) is 3. The van der Waals surface area contributed by atoms with Gasteiger partial charge in [0.25, 0.3) is 0 Å². The number of urea groups is 1. The number of carboxylic acids is 1. The van der Waals surface area contributed by atoms with Crippen LogP contribution in [0.15, 0.2) is 18.5 Å². The Bertz CT molecular complexity index is 523. The van der Waals surface area contributed by atoms with Crippen molar-refractivity contribution in [1.82, 2.24) is 10.3 Å². The highest BCUT2D eigenvalue weighted by molar-refractivity contribution is 5.92. The smallest absolute Gasteiger partial charge is 0.337 e. The van der Waals surface area contributed by atoms with Crippen molar-refractivity contribution in [3.05, 3.63) is 24.0 Å². The van der Waals surface area contributed by atoms with Gasteiger partial charge in [-0.2, -0.15) is 0 Å². The number of carboxylic acid groups (broad SMARTS) is 1. The third-order valence-corrected chi connectivity index (χ3v) is 3.76. The van der Waals surface area contributed by atoms with E-state index in [0.717, 1.165) is 12.8 Å². The Morgan fingerprint density at radius 2 is 1.86 bits per heavy atom. The van der Waals surface area contributed by atoms with Gasteiger partial charge < -0.3 is 15.7 Å². The molecule has 2 rings (SSSR count). The van der Waals surface area contributed by atoms with Crippen LogP contribution in [0.25, 0.3) is 0 Å². The molecule has 2 amide bonds. The Balaban J connectivity index is 1.92. The van der Waals surface area contributed by atoms with Gasteiger partial charge in [-0.1, -0.05) is 13.8 Å². The number of nitrogens with zero attached hydrogens (tertiary/aromatic N) is 1. The summed E-state index contributed by atoms with van der Waals surface area (Å²) in [6.07, 6.45) is 5.83. The largest absolute Gasteiger partial charge is 0.478 e. The molecule has 6 heteroatoms. The predicted molar refractivity (Wildman–Crippen MR) is 79.3 cm³/mol. The number of anilines is 1. The van der Waals surface area contributed by atoms with Crippen LogP contribution < -0.4 is 10.6 Å². The van der Waals surface area contributed by atoms with Gasteiger partial charge in [0.1, 0.15) is 0 Å². The lowest BCUT2D eigenvalue weighted by atomic mass is 9.80. The summed E-state index contributed by atoms with van der Waals surface area (Å²) in [5.74, 6) is 0.147. The zero-order valence-corrected chi connectivity index (χ0v) is 12.3. The van der Waals surface area contributed by atoms with E-state index in [1.807, 2.05) is 0 Å². The number of carbonyl (C=O) groups excluding carboxylic acids is 1. The van der Waals surface area contributed by atoms with E-state index in [9.17, 15) is 9.59 Å². The molecule has 0 saturated heterocycles. The van der Waals surface area contributed by atoms with Gasteiger partial charge in [-0.25, -0.2) is 9.59 Å². The SMILES string of the molecule is CC1CC(C)CC(NC(=O)Nc2cncc(C(=O)O)c2)C1. The molecule has 2 atom stereocenters. The van der Waals surface area contributed by atoms with E-state index < -0.39 is 5.97 Å². The first kappa shape index (κ1) is 15.3. The first-order valence-corrected chi connectivity index (χ1v) is 7.20. The highest BCUT2D eigenvalue weighted by Gasteiger charge is 2.25. The highest BCUT2D eigenvalue weighted by Crippen LogP contribution is 2.28. The monoisotopic (exact) mass is 291 g/mol. The maximum atomic E-state index is 12.0. The van der Waals surface area contributed by atoms with Crippen LogP contribution in [0, 0.1) is 11.8 Å². The fourth-order valence-corrected chi connectivity index (χ4v) is 3.04. The summed E-state index contributed by atoms with van der Waals surface area (Å²) in [6.45, 7) is 4.39. The second-order valence-electron chi connectivity index (χ2n) is 5.98. The Morgan fingerprint density at radius 1 is 1.19 bits per heavy atom. The van der Waals surface area contributed by atoms with Crippen molar-refractivity contribution >= 4 is 17.7 Å². The van der Waals surface area contributed by atoms with Crippen LogP contribution in [0.1, 0.15) is 43.5 Å². The molecule has 0 spiro atoms. The van der Waals surface area contributed by atoms with E-state index >= 15 is 0 Å². The van der Waals surface area contributed by atoms with Crippen LogP contribution in [-0.4, -0.2) is 28.1 Å². The molecular formula is C15H21N3O3. The fourth-order valence-electron chi connectivity index (χ4n) is 3.04. The van der Waals surface area contributed by atoms with Crippen molar-refractivity contribution in [3.63, 3.8) is 0 Å². The zero-order chi connectivity index (χ0) is 15.4. The first-order valence-electron chi connectivity index (χ1n) is 7.20. The minimum absolute atomic E-state index is 0.0488. The summed E-state index contributed by atoms with van der Waals surface area (Å²) in [4.78, 5) is 26.6. The van der Waals surface area contributed by atoms with E-state index in [1.54, 1.807) is 0 Å². The maximum absolute atomic E-state index is 12.0. The van der Waals surface area contributed by atoms with Crippen molar-refractivity contribution in [1.29, 1.82) is 0 Å². The number of aromatic carboxylic acids is 1. The molecule has 0 radical (unpaired) electrons. The summed E-state index contributed by atoms with van der Waals surface area (Å²) in [7, 11) is 0. The average Bonchev–Trinajstić information content (AvgIpc) is 2.37. The van der Waals surface area contributed by atoms with Gasteiger partial charge in [-0.15, -0.1) is 0 Å². The van der Waals surface area contributed by atoms with Crippen molar-refractivity contribution in [2.75, 3.05) is 5.32 Å². The summed E-state index contributed by atoms with van der Waals surface area (Å²) in [5, 5.41) is 14.5. The fraction of sp³-hybridized carbons (Fsp3) is 0.533. The molecular weight excluding hydrogens is 270 g/mol. The van der Waals surface area contributed by atoms with Gasteiger partial charge in [-0.05, 0) is 37.2 Å². The number of rotatable bonds is 3. The molecule has 114 valence electrons. The minimum atomic E-state index is -1.07. The number of amides is 2. The second-order valence-corrected chi connectivity index (χ2v) is 5.98. The van der Waals surface area contributed by atoms with Gasteiger partial charge in [0, 0.05) is 12.2 Å². The van der Waals surface area contributed by atoms with Crippen LogP contribution in [0.4, 0.5) is 10.5 Å². The second kappa shape index (κ2) is 6.56. The van der Waals surface area contributed by atoms with Crippen LogP contribution in [0.5, 0.6) is 0 Å². The molecule has 1 saturated carbocycles. The number of carbonyl (C=O) groups is 2. The predicted octanol–water partition coefficient (Wildman–Crippen LogP) is 2.73. The average molecular weight is 291 g/mol. The lowest BCUT2D eigenvalue weighted by Gasteiger charge is -2.31. The lowest BCUT2D eigenvalue weighted by Crippen LogP contribution is -2.42. The van der Waals surface area contributed by atoms with Crippen LogP contribution in [-0.2, 0) is 0 Å². The lowest BCUT2D eigenvalue weighted by molar-refractivity contribution is 0.0696. The first-order chi connectivity index (χ1) is 9.94. The summed E-state index contributed by atoms with van der Waals surface area (Å²) in [6, 6.07) is 1.24. The third-order valence-electron chi connectivity index (χ3n) is 3.76. The molecule has 1 heterocycles. The number of nitrogens with one attached hydrogen (secondary N) is 2. The maximum Gasteiger partial charge on any atom is 0.337 e. The molecule has 0 aliphatic heterocycles. The van der Waals surface area contributed by atoms with Gasteiger partial charge in [0.2, 0.25) is 0 Å². The van der Waals surface area contributed by atoms with Crippen molar-refractivity contribution in [3.8, 4) is 0 Å². The normalized spacial score (nSPS) is 25.1.